The Morgan fingerprint density at radius 1 is 1.25 bits per heavy atom. The van der Waals surface area contributed by atoms with Crippen LogP contribution < -0.4 is 16.0 Å². The lowest BCUT2D eigenvalue weighted by atomic mass is 9.72. The number of carbonyl (C=O) groups is 1. The number of aryl methyl sites for hydroxylation is 1. The van der Waals surface area contributed by atoms with Crippen molar-refractivity contribution in [2.24, 2.45) is 11.3 Å². The maximum atomic E-state index is 13.1. The van der Waals surface area contributed by atoms with E-state index in [0.717, 1.165) is 73.1 Å². The molecule has 2 fully saturated rings. The molecule has 0 bridgehead atoms. The molecule has 3 N–H and O–H groups in total. The van der Waals surface area contributed by atoms with Crippen LogP contribution in [0.25, 0.3) is 17.7 Å². The molecule has 1 aromatic heterocycles. The van der Waals surface area contributed by atoms with Crippen LogP contribution in [0.5, 0.6) is 0 Å². The third-order valence-electron chi connectivity index (χ3n) is 6.97. The number of fused-ring (bicyclic) bond motifs is 1. The number of likely N-dealkylation sites (tertiary alicyclic amines) is 1. The lowest BCUT2D eigenvalue weighted by Gasteiger charge is -2.53. The second kappa shape index (κ2) is 9.65. The fourth-order valence-electron chi connectivity index (χ4n) is 5.01. The molecule has 7 nitrogen and oxygen atoms in total. The minimum Gasteiger partial charge on any atom is -0.368 e. The summed E-state index contributed by atoms with van der Waals surface area (Å²) in [4.78, 5) is 24.8. The molecule has 3 aliphatic rings. The minimum absolute atomic E-state index is 0.191. The molecule has 0 aromatic carbocycles. The molecule has 7 heteroatoms. The van der Waals surface area contributed by atoms with Gasteiger partial charge in [-0.2, -0.15) is 0 Å². The van der Waals surface area contributed by atoms with Crippen molar-refractivity contribution in [3.63, 3.8) is 0 Å². The first kappa shape index (κ1) is 22.8. The standard InChI is InChI=1S/C25H34N4O3/c1-3-17(2)23-20(6-4-5-7-22(30)31)27-21-14-18(8-9-19(21)28-23)24(32)29-15-25(16-29)10-12-26-13-11-25/h3,9,14,18,22,26,30-31H,1-2,4-8,10-13,15-16H2. The fraction of sp³-hybridized carbons (Fsp3) is 0.560. The maximum absolute atomic E-state index is 13.1. The van der Waals surface area contributed by atoms with Gasteiger partial charge in [0.05, 0.1) is 28.0 Å². The van der Waals surface area contributed by atoms with Crippen LogP contribution in [-0.4, -0.2) is 63.5 Å². The lowest BCUT2D eigenvalue weighted by molar-refractivity contribution is -0.147. The molecule has 1 aliphatic carbocycles. The molecule has 0 radical (unpaired) electrons. The topological polar surface area (TPSA) is 98.6 Å². The van der Waals surface area contributed by atoms with Crippen LogP contribution >= 0.6 is 0 Å². The summed E-state index contributed by atoms with van der Waals surface area (Å²) in [5, 5.41) is 23.1. The number of hydrogen-bond donors (Lipinski definition) is 3. The molecular weight excluding hydrogens is 404 g/mol. The second-order valence-electron chi connectivity index (χ2n) is 9.40. The number of hydrogen-bond acceptors (Lipinski definition) is 6. The van der Waals surface area contributed by atoms with Gasteiger partial charge in [-0.3, -0.25) is 4.79 Å². The van der Waals surface area contributed by atoms with Gasteiger partial charge in [0, 0.05) is 18.5 Å². The third kappa shape index (κ3) is 4.85. The maximum Gasteiger partial charge on any atom is 0.229 e. The third-order valence-corrected chi connectivity index (χ3v) is 6.97. The summed E-state index contributed by atoms with van der Waals surface area (Å²) in [6, 6.07) is 0. The molecule has 2 saturated heterocycles. The van der Waals surface area contributed by atoms with Crippen LogP contribution in [0.1, 0.15) is 49.9 Å². The number of nitrogens with one attached hydrogen (secondary N) is 1. The number of carbonyl (C=O) groups excluding carboxylic acids is 1. The second-order valence-corrected chi connectivity index (χ2v) is 9.40. The summed E-state index contributed by atoms with van der Waals surface area (Å²) >= 11 is 0. The van der Waals surface area contributed by atoms with Gasteiger partial charge >= 0.3 is 0 Å². The van der Waals surface area contributed by atoms with E-state index in [-0.39, 0.29) is 11.8 Å². The highest BCUT2D eigenvalue weighted by atomic mass is 16.5. The van der Waals surface area contributed by atoms with Crippen LogP contribution in [0.4, 0.5) is 0 Å². The molecule has 4 rings (SSSR count). The average molecular weight is 439 g/mol. The summed E-state index contributed by atoms with van der Waals surface area (Å²) in [6.07, 6.45) is 9.75. The first-order valence-corrected chi connectivity index (χ1v) is 11.7. The summed E-state index contributed by atoms with van der Waals surface area (Å²) in [5.74, 6) is -0.00220. The molecule has 32 heavy (non-hydrogen) atoms. The number of aliphatic hydroxyl groups excluding tert-OH is 1. The van der Waals surface area contributed by atoms with E-state index in [1.165, 1.54) is 0 Å². The van der Waals surface area contributed by atoms with Gasteiger partial charge in [0.15, 0.2) is 6.29 Å². The first-order chi connectivity index (χ1) is 15.4. The summed E-state index contributed by atoms with van der Waals surface area (Å²) in [5.41, 5.74) is 2.59. The van der Waals surface area contributed by atoms with E-state index in [0.29, 0.717) is 31.1 Å². The zero-order valence-electron chi connectivity index (χ0n) is 18.7. The van der Waals surface area contributed by atoms with E-state index in [4.69, 9.17) is 20.2 Å². The molecule has 1 unspecified atom stereocenters. The van der Waals surface area contributed by atoms with Gasteiger partial charge in [-0.1, -0.05) is 25.3 Å². The number of unbranched alkanes of at least 4 members (excludes halogenated alkanes) is 1. The van der Waals surface area contributed by atoms with Gasteiger partial charge in [0.25, 0.3) is 0 Å². The Bertz CT molecular complexity index is 1000. The van der Waals surface area contributed by atoms with Crippen LogP contribution in [0.3, 0.4) is 0 Å². The highest BCUT2D eigenvalue weighted by Crippen LogP contribution is 2.39. The quantitative estimate of drug-likeness (QED) is 0.311. The Labute approximate surface area is 189 Å². The molecule has 1 atom stereocenters. The smallest absolute Gasteiger partial charge is 0.229 e. The monoisotopic (exact) mass is 438 g/mol. The fourth-order valence-corrected chi connectivity index (χ4v) is 5.01. The molecule has 3 heterocycles. The normalized spacial score (nSPS) is 21.3. The van der Waals surface area contributed by atoms with Crippen molar-refractivity contribution in [2.75, 3.05) is 26.2 Å². The Kier molecular flexibility index (Phi) is 6.88. The van der Waals surface area contributed by atoms with Crippen molar-refractivity contribution in [2.45, 2.75) is 51.2 Å². The number of nitrogens with zero attached hydrogens (tertiary/aromatic N) is 3. The first-order valence-electron chi connectivity index (χ1n) is 11.7. The van der Waals surface area contributed by atoms with E-state index < -0.39 is 6.29 Å². The Morgan fingerprint density at radius 3 is 2.69 bits per heavy atom. The van der Waals surface area contributed by atoms with Crippen LogP contribution in [0.2, 0.25) is 0 Å². The van der Waals surface area contributed by atoms with E-state index in [1.807, 2.05) is 17.1 Å². The Morgan fingerprint density at radius 2 is 2.00 bits per heavy atom. The summed E-state index contributed by atoms with van der Waals surface area (Å²) in [6.45, 7) is 11.7. The highest BCUT2D eigenvalue weighted by Gasteiger charge is 2.46. The zero-order valence-corrected chi connectivity index (χ0v) is 18.7. The van der Waals surface area contributed by atoms with Crippen LogP contribution in [0.15, 0.2) is 19.2 Å². The van der Waals surface area contributed by atoms with Crippen molar-refractivity contribution in [3.05, 3.63) is 41.3 Å². The molecule has 1 amide bonds. The van der Waals surface area contributed by atoms with Crippen LogP contribution in [0, 0.1) is 11.3 Å². The summed E-state index contributed by atoms with van der Waals surface area (Å²) < 4.78 is 0. The largest absolute Gasteiger partial charge is 0.368 e. The Balaban J connectivity index is 1.50. The number of aliphatic hydroxyl groups is 2. The van der Waals surface area contributed by atoms with E-state index in [2.05, 4.69) is 18.5 Å². The van der Waals surface area contributed by atoms with Crippen molar-refractivity contribution < 1.29 is 15.0 Å². The van der Waals surface area contributed by atoms with Gasteiger partial charge in [0.1, 0.15) is 0 Å². The highest BCUT2D eigenvalue weighted by molar-refractivity contribution is 5.86. The predicted molar refractivity (Wildman–Crippen MR) is 124 cm³/mol. The van der Waals surface area contributed by atoms with E-state index >= 15 is 0 Å². The zero-order chi connectivity index (χ0) is 22.7. The number of allylic oxidation sites excluding steroid dienone is 2. The van der Waals surface area contributed by atoms with E-state index in [9.17, 15) is 4.79 Å². The minimum atomic E-state index is -1.28. The number of rotatable bonds is 8. The molecular formula is C25H34N4O3. The molecule has 172 valence electrons. The number of aromatic nitrogens is 2. The molecule has 1 spiro atoms. The van der Waals surface area contributed by atoms with Gasteiger partial charge < -0.3 is 20.4 Å². The number of amides is 1. The average Bonchev–Trinajstić information content (AvgIpc) is 2.78. The van der Waals surface area contributed by atoms with Crippen molar-refractivity contribution in [1.29, 1.82) is 0 Å². The van der Waals surface area contributed by atoms with Crippen molar-refractivity contribution >= 4 is 23.6 Å². The Hall–Kier alpha value is -2.35. The number of piperidine rings is 1. The van der Waals surface area contributed by atoms with Crippen molar-refractivity contribution in [1.82, 2.24) is 20.2 Å². The lowest BCUT2D eigenvalue weighted by Crippen LogP contribution is -2.62. The summed E-state index contributed by atoms with van der Waals surface area (Å²) in [7, 11) is 0. The molecule has 2 aliphatic heterocycles. The van der Waals surface area contributed by atoms with Gasteiger partial charge in [-0.25, -0.2) is 9.97 Å². The van der Waals surface area contributed by atoms with Gasteiger partial charge in [0.2, 0.25) is 5.91 Å². The van der Waals surface area contributed by atoms with Crippen LogP contribution in [-0.2, 0) is 11.2 Å². The van der Waals surface area contributed by atoms with Gasteiger partial charge in [-0.05, 0) is 69.7 Å². The van der Waals surface area contributed by atoms with Gasteiger partial charge in [-0.15, -0.1) is 0 Å². The van der Waals surface area contributed by atoms with E-state index in [1.54, 1.807) is 6.08 Å². The molecule has 1 aromatic rings. The SMILES string of the molecule is C=CC(=C)c1nc2c(nc1CCCCC(O)O)=CC(C(=O)N1CC3(CCNCC3)C1)CC=2. The molecule has 0 saturated carbocycles. The predicted octanol–water partition coefficient (Wildman–Crippen LogP) is 0.492. The van der Waals surface area contributed by atoms with Crippen molar-refractivity contribution in [3.8, 4) is 0 Å².